The lowest BCUT2D eigenvalue weighted by Gasteiger charge is -2.38. The van der Waals surface area contributed by atoms with E-state index in [1.807, 2.05) is 6.20 Å². The largest absolute Gasteiger partial charge is 0.349 e. The van der Waals surface area contributed by atoms with E-state index in [2.05, 4.69) is 29.0 Å². The van der Waals surface area contributed by atoms with Crippen molar-refractivity contribution in [2.75, 3.05) is 37.3 Å². The summed E-state index contributed by atoms with van der Waals surface area (Å²) in [5.74, 6) is 0.670. The molecule has 3 aliphatic rings. The molecule has 4 rings (SSSR count). The summed E-state index contributed by atoms with van der Waals surface area (Å²) in [7, 11) is -3.19. The number of amides is 1. The first-order chi connectivity index (χ1) is 14.1. The van der Waals surface area contributed by atoms with Gasteiger partial charge in [0.1, 0.15) is 0 Å². The quantitative estimate of drug-likeness (QED) is 0.776. The van der Waals surface area contributed by atoms with Crippen LogP contribution in [0.5, 0.6) is 0 Å². The summed E-state index contributed by atoms with van der Waals surface area (Å²) in [4.78, 5) is 24.7. The van der Waals surface area contributed by atoms with Crippen molar-refractivity contribution in [3.8, 4) is 0 Å². The Hall–Kier alpha value is -1.74. The van der Waals surface area contributed by atoms with Gasteiger partial charge in [0.15, 0.2) is 0 Å². The van der Waals surface area contributed by atoms with Crippen LogP contribution in [0.3, 0.4) is 0 Å². The SMILES string of the molecule is CC1(C)Cc2nc(N3CCCC3)ncc2C(NC(=O)C2CCN(S(C)(=O)=O)CC2)C1. The molecular weight excluding hydrogens is 402 g/mol. The van der Waals surface area contributed by atoms with Gasteiger partial charge < -0.3 is 10.2 Å². The molecule has 8 nitrogen and oxygen atoms in total. The van der Waals surface area contributed by atoms with Crippen molar-refractivity contribution in [2.45, 2.75) is 58.4 Å². The third kappa shape index (κ3) is 4.61. The molecule has 1 amide bonds. The summed E-state index contributed by atoms with van der Waals surface area (Å²) >= 11 is 0. The highest BCUT2D eigenvalue weighted by molar-refractivity contribution is 7.88. The third-order valence-corrected chi connectivity index (χ3v) is 7.97. The van der Waals surface area contributed by atoms with Gasteiger partial charge in [0.05, 0.1) is 18.0 Å². The van der Waals surface area contributed by atoms with Crippen molar-refractivity contribution in [1.29, 1.82) is 0 Å². The number of nitrogens with zero attached hydrogens (tertiary/aromatic N) is 4. The van der Waals surface area contributed by atoms with Gasteiger partial charge in [-0.2, -0.15) is 0 Å². The Balaban J connectivity index is 1.47. The van der Waals surface area contributed by atoms with Crippen LogP contribution in [0.4, 0.5) is 5.95 Å². The highest BCUT2D eigenvalue weighted by Gasteiger charge is 2.37. The van der Waals surface area contributed by atoms with Gasteiger partial charge in [-0.3, -0.25) is 4.79 Å². The van der Waals surface area contributed by atoms with Gasteiger partial charge in [0.2, 0.25) is 21.9 Å². The van der Waals surface area contributed by atoms with E-state index in [0.29, 0.717) is 25.9 Å². The lowest BCUT2D eigenvalue weighted by molar-refractivity contribution is -0.127. The molecule has 166 valence electrons. The predicted octanol–water partition coefficient (Wildman–Crippen LogP) is 1.88. The molecule has 1 aliphatic carbocycles. The second-order valence-corrected chi connectivity index (χ2v) is 11.8. The van der Waals surface area contributed by atoms with Crippen LogP contribution in [-0.2, 0) is 21.2 Å². The molecule has 1 N–H and O–H groups in total. The van der Waals surface area contributed by atoms with Gasteiger partial charge in [-0.15, -0.1) is 0 Å². The maximum Gasteiger partial charge on any atom is 0.225 e. The van der Waals surface area contributed by atoms with Crippen molar-refractivity contribution in [1.82, 2.24) is 19.6 Å². The van der Waals surface area contributed by atoms with Crippen molar-refractivity contribution in [2.24, 2.45) is 11.3 Å². The van der Waals surface area contributed by atoms with E-state index < -0.39 is 10.0 Å². The average molecular weight is 436 g/mol. The summed E-state index contributed by atoms with van der Waals surface area (Å²) in [6.45, 7) is 7.27. The fourth-order valence-electron chi connectivity index (χ4n) is 4.97. The topological polar surface area (TPSA) is 95.5 Å². The molecule has 30 heavy (non-hydrogen) atoms. The number of anilines is 1. The first-order valence-corrected chi connectivity index (χ1v) is 12.8. The molecule has 2 aliphatic heterocycles. The molecule has 1 unspecified atom stereocenters. The summed E-state index contributed by atoms with van der Waals surface area (Å²) in [6.07, 6.45) is 8.35. The zero-order chi connectivity index (χ0) is 21.5. The zero-order valence-corrected chi connectivity index (χ0v) is 19.0. The second-order valence-electron chi connectivity index (χ2n) is 9.81. The van der Waals surface area contributed by atoms with Crippen molar-refractivity contribution >= 4 is 21.9 Å². The van der Waals surface area contributed by atoms with E-state index in [-0.39, 0.29) is 23.3 Å². The van der Waals surface area contributed by atoms with Crippen LogP contribution in [0.25, 0.3) is 0 Å². The Morgan fingerprint density at radius 1 is 1.17 bits per heavy atom. The van der Waals surface area contributed by atoms with Gasteiger partial charge in [-0.1, -0.05) is 13.8 Å². The normalized spacial score (nSPS) is 25.2. The summed E-state index contributed by atoms with van der Waals surface area (Å²) in [5, 5.41) is 3.24. The molecule has 0 saturated carbocycles. The number of sulfonamides is 1. The van der Waals surface area contributed by atoms with E-state index in [4.69, 9.17) is 4.98 Å². The maximum atomic E-state index is 13.0. The number of carbonyl (C=O) groups is 1. The van der Waals surface area contributed by atoms with E-state index in [1.54, 1.807) is 0 Å². The maximum absolute atomic E-state index is 13.0. The molecule has 0 radical (unpaired) electrons. The van der Waals surface area contributed by atoms with Crippen LogP contribution >= 0.6 is 0 Å². The Bertz CT molecular complexity index is 903. The van der Waals surface area contributed by atoms with E-state index in [1.165, 1.54) is 23.4 Å². The number of rotatable bonds is 4. The molecule has 1 aromatic heterocycles. The molecule has 1 atom stereocenters. The fourth-order valence-corrected chi connectivity index (χ4v) is 5.85. The lowest BCUT2D eigenvalue weighted by atomic mass is 9.74. The van der Waals surface area contributed by atoms with Crippen LogP contribution in [0.2, 0.25) is 0 Å². The number of aromatic nitrogens is 2. The second kappa shape index (κ2) is 8.07. The van der Waals surface area contributed by atoms with E-state index in [9.17, 15) is 13.2 Å². The van der Waals surface area contributed by atoms with Crippen molar-refractivity contribution < 1.29 is 13.2 Å². The van der Waals surface area contributed by atoms with Crippen LogP contribution in [-0.4, -0.2) is 61.0 Å². The van der Waals surface area contributed by atoms with E-state index >= 15 is 0 Å². The predicted molar refractivity (Wildman–Crippen MR) is 116 cm³/mol. The zero-order valence-electron chi connectivity index (χ0n) is 18.2. The molecule has 2 saturated heterocycles. The highest BCUT2D eigenvalue weighted by atomic mass is 32.2. The van der Waals surface area contributed by atoms with Crippen molar-refractivity contribution in [3.63, 3.8) is 0 Å². The number of nitrogens with one attached hydrogen (secondary N) is 1. The van der Waals surface area contributed by atoms with Crippen molar-refractivity contribution in [3.05, 3.63) is 17.5 Å². The Kier molecular flexibility index (Phi) is 5.78. The molecule has 3 heterocycles. The molecule has 2 fully saturated rings. The minimum Gasteiger partial charge on any atom is -0.349 e. The minimum absolute atomic E-state index is 0.0143. The first kappa shape index (κ1) is 21.5. The van der Waals surface area contributed by atoms with Crippen LogP contribution in [0, 0.1) is 11.3 Å². The van der Waals surface area contributed by atoms with Crippen LogP contribution < -0.4 is 10.2 Å². The molecule has 0 aromatic carbocycles. The Labute approximate surface area is 179 Å². The average Bonchev–Trinajstić information content (AvgIpc) is 3.21. The van der Waals surface area contributed by atoms with Crippen LogP contribution in [0.15, 0.2) is 6.20 Å². The number of fused-ring (bicyclic) bond motifs is 1. The Morgan fingerprint density at radius 3 is 2.47 bits per heavy atom. The molecule has 0 bridgehead atoms. The standard InChI is InChI=1S/C21H33N5O3S/c1-21(2)12-17(23-19(27)15-6-10-26(11-7-15)30(3,28)29)16-14-22-20(24-18(16)13-21)25-8-4-5-9-25/h14-15,17H,4-13H2,1-3H3,(H,23,27). The highest BCUT2D eigenvalue weighted by Crippen LogP contribution is 2.40. The van der Waals surface area contributed by atoms with Gasteiger partial charge in [-0.25, -0.2) is 22.7 Å². The van der Waals surface area contributed by atoms with Gasteiger partial charge in [0, 0.05) is 43.9 Å². The van der Waals surface area contributed by atoms with E-state index in [0.717, 1.165) is 43.1 Å². The van der Waals surface area contributed by atoms with Crippen LogP contribution in [0.1, 0.15) is 63.3 Å². The minimum atomic E-state index is -3.19. The van der Waals surface area contributed by atoms with Gasteiger partial charge in [0.25, 0.3) is 0 Å². The monoisotopic (exact) mass is 435 g/mol. The molecule has 0 spiro atoms. The number of carbonyl (C=O) groups excluding carboxylic acids is 1. The summed E-state index contributed by atoms with van der Waals surface area (Å²) < 4.78 is 24.9. The number of hydrogen-bond donors (Lipinski definition) is 1. The molecule has 1 aromatic rings. The van der Waals surface area contributed by atoms with Gasteiger partial charge in [-0.05, 0) is 43.9 Å². The first-order valence-electron chi connectivity index (χ1n) is 11.0. The number of piperidine rings is 1. The van der Waals surface area contributed by atoms with Gasteiger partial charge >= 0.3 is 0 Å². The third-order valence-electron chi connectivity index (χ3n) is 6.66. The molecular formula is C21H33N5O3S. The summed E-state index contributed by atoms with van der Waals surface area (Å²) in [6, 6.07) is -0.100. The fraction of sp³-hybridized carbons (Fsp3) is 0.762. The smallest absolute Gasteiger partial charge is 0.225 e. The molecule has 9 heteroatoms. The number of hydrogen-bond acceptors (Lipinski definition) is 6. The summed E-state index contributed by atoms with van der Waals surface area (Å²) in [5.41, 5.74) is 2.11. The lowest BCUT2D eigenvalue weighted by Crippen LogP contribution is -2.44. The Morgan fingerprint density at radius 2 is 1.83 bits per heavy atom.